The number of anilines is 2. The Balaban J connectivity index is 1.26. The highest BCUT2D eigenvalue weighted by molar-refractivity contribution is 7.99. The van der Waals surface area contributed by atoms with Crippen LogP contribution in [0.2, 0.25) is 0 Å². The molecule has 32 heavy (non-hydrogen) atoms. The monoisotopic (exact) mass is 452 g/mol. The van der Waals surface area contributed by atoms with Crippen molar-refractivity contribution < 1.29 is 23.5 Å². The molecule has 1 aromatic heterocycles. The number of rotatable bonds is 4. The minimum absolute atomic E-state index is 0.0827. The third-order valence-corrected chi connectivity index (χ3v) is 5.96. The van der Waals surface area contributed by atoms with Gasteiger partial charge in [0.05, 0.1) is 17.1 Å². The fourth-order valence-corrected chi connectivity index (χ4v) is 4.34. The lowest BCUT2D eigenvalue weighted by molar-refractivity contribution is -0.117. The van der Waals surface area contributed by atoms with E-state index in [-0.39, 0.29) is 47.8 Å². The van der Waals surface area contributed by atoms with Crippen molar-refractivity contribution in [3.05, 3.63) is 54.4 Å². The number of nitrogens with one attached hydrogen (secondary N) is 1. The first-order valence-electron chi connectivity index (χ1n) is 10.1. The molecule has 10 heteroatoms. The van der Waals surface area contributed by atoms with Crippen LogP contribution >= 0.6 is 11.8 Å². The van der Waals surface area contributed by atoms with Gasteiger partial charge in [0.1, 0.15) is 6.61 Å². The van der Waals surface area contributed by atoms with Gasteiger partial charge in [-0.2, -0.15) is 0 Å². The van der Waals surface area contributed by atoms with Crippen LogP contribution in [0.3, 0.4) is 0 Å². The smallest absolute Gasteiger partial charge is 0.277 e. The minimum atomic E-state index is -0.517. The SMILES string of the molecule is CC1CC(=O)Nc2ccccc2N1C(=O)CSc1nnc(C2COc3ccccc3O2)o1. The molecule has 2 atom stereocenters. The number of benzene rings is 2. The Morgan fingerprint density at radius 3 is 2.81 bits per heavy atom. The number of hydrogen-bond acceptors (Lipinski definition) is 8. The van der Waals surface area contributed by atoms with Crippen LogP contribution in [0.25, 0.3) is 0 Å². The van der Waals surface area contributed by atoms with E-state index >= 15 is 0 Å². The predicted octanol–water partition coefficient (Wildman–Crippen LogP) is 3.44. The van der Waals surface area contributed by atoms with Gasteiger partial charge >= 0.3 is 0 Å². The Morgan fingerprint density at radius 2 is 1.94 bits per heavy atom. The number of hydrogen-bond donors (Lipinski definition) is 1. The van der Waals surface area contributed by atoms with E-state index in [4.69, 9.17) is 13.9 Å². The Labute approximate surface area is 188 Å². The summed E-state index contributed by atoms with van der Waals surface area (Å²) in [7, 11) is 0. The fraction of sp³-hybridized carbons (Fsp3) is 0.273. The summed E-state index contributed by atoms with van der Waals surface area (Å²) in [6, 6.07) is 14.4. The van der Waals surface area contributed by atoms with Crippen LogP contribution in [0.1, 0.15) is 25.3 Å². The molecule has 0 saturated carbocycles. The lowest BCUT2D eigenvalue weighted by atomic mass is 10.2. The van der Waals surface area contributed by atoms with E-state index in [9.17, 15) is 9.59 Å². The van der Waals surface area contributed by atoms with E-state index < -0.39 is 6.10 Å². The molecule has 2 aliphatic heterocycles. The Morgan fingerprint density at radius 1 is 1.16 bits per heavy atom. The third kappa shape index (κ3) is 4.01. The number of nitrogens with zero attached hydrogens (tertiary/aromatic N) is 3. The van der Waals surface area contributed by atoms with Gasteiger partial charge in [-0.1, -0.05) is 36.0 Å². The van der Waals surface area contributed by atoms with E-state index in [1.807, 2.05) is 49.4 Å². The zero-order valence-electron chi connectivity index (χ0n) is 17.2. The van der Waals surface area contributed by atoms with Gasteiger partial charge in [0.25, 0.3) is 11.1 Å². The molecule has 3 aromatic rings. The molecule has 0 fully saturated rings. The quantitative estimate of drug-likeness (QED) is 0.600. The van der Waals surface area contributed by atoms with Crippen molar-refractivity contribution in [2.24, 2.45) is 0 Å². The summed E-state index contributed by atoms with van der Waals surface area (Å²) in [5.74, 6) is 1.38. The van der Waals surface area contributed by atoms with Crippen LogP contribution in [0.4, 0.5) is 11.4 Å². The van der Waals surface area contributed by atoms with E-state index in [1.165, 1.54) is 0 Å². The van der Waals surface area contributed by atoms with Crippen LogP contribution < -0.4 is 19.7 Å². The second kappa shape index (κ2) is 8.54. The van der Waals surface area contributed by atoms with Crippen LogP contribution in [-0.2, 0) is 9.59 Å². The Kier molecular flexibility index (Phi) is 5.44. The van der Waals surface area contributed by atoms with Crippen molar-refractivity contribution in [1.29, 1.82) is 0 Å². The molecular formula is C22H20N4O5S. The molecule has 0 saturated heterocycles. The average molecular weight is 452 g/mol. The first-order valence-corrected chi connectivity index (χ1v) is 11.1. The first kappa shape index (κ1) is 20.4. The standard InChI is InChI=1S/C22H20N4O5S/c1-13-10-19(27)23-14-6-2-3-7-15(14)26(13)20(28)12-32-22-25-24-21(31-22)18-11-29-16-8-4-5-9-17(16)30-18/h2-9,13,18H,10-12H2,1H3,(H,23,27). The molecule has 0 aliphatic carbocycles. The van der Waals surface area contributed by atoms with Crippen molar-refractivity contribution in [2.45, 2.75) is 30.7 Å². The van der Waals surface area contributed by atoms with Gasteiger partial charge in [0.15, 0.2) is 11.5 Å². The molecule has 9 nitrogen and oxygen atoms in total. The lowest BCUT2D eigenvalue weighted by Gasteiger charge is -2.27. The first-order chi connectivity index (χ1) is 15.6. The topological polar surface area (TPSA) is 107 Å². The van der Waals surface area contributed by atoms with Crippen molar-refractivity contribution in [3.63, 3.8) is 0 Å². The third-order valence-electron chi connectivity index (χ3n) is 5.15. The van der Waals surface area contributed by atoms with Crippen LogP contribution in [0.15, 0.2) is 58.2 Å². The summed E-state index contributed by atoms with van der Waals surface area (Å²) in [4.78, 5) is 26.9. The number of ether oxygens (including phenoxy) is 2. The number of carbonyl (C=O) groups is 2. The molecule has 0 spiro atoms. The van der Waals surface area contributed by atoms with Crippen molar-refractivity contribution >= 4 is 35.0 Å². The van der Waals surface area contributed by atoms with Gasteiger partial charge in [0.2, 0.25) is 17.9 Å². The van der Waals surface area contributed by atoms with E-state index in [2.05, 4.69) is 15.5 Å². The molecule has 3 heterocycles. The summed E-state index contributed by atoms with van der Waals surface area (Å²) in [6.07, 6.45) is -0.298. The van der Waals surface area contributed by atoms with Gasteiger partial charge in [-0.05, 0) is 31.2 Å². The fourth-order valence-electron chi connectivity index (χ4n) is 3.71. The highest BCUT2D eigenvalue weighted by Crippen LogP contribution is 2.36. The molecule has 2 aliphatic rings. The molecule has 0 radical (unpaired) electrons. The summed E-state index contributed by atoms with van der Waals surface area (Å²) >= 11 is 1.14. The minimum Gasteiger partial charge on any atom is -0.485 e. The molecule has 5 rings (SSSR count). The molecular weight excluding hydrogens is 432 g/mol. The zero-order chi connectivity index (χ0) is 22.1. The van der Waals surface area contributed by atoms with Crippen LogP contribution in [0, 0.1) is 0 Å². The van der Waals surface area contributed by atoms with E-state index in [0.29, 0.717) is 22.9 Å². The highest BCUT2D eigenvalue weighted by atomic mass is 32.2. The van der Waals surface area contributed by atoms with Gasteiger partial charge in [-0.3, -0.25) is 9.59 Å². The van der Waals surface area contributed by atoms with E-state index in [1.54, 1.807) is 11.0 Å². The molecule has 164 valence electrons. The maximum absolute atomic E-state index is 13.1. The van der Waals surface area contributed by atoms with E-state index in [0.717, 1.165) is 11.8 Å². The second-order valence-corrected chi connectivity index (χ2v) is 8.37. The average Bonchev–Trinajstić information content (AvgIpc) is 3.23. The molecule has 2 amide bonds. The lowest BCUT2D eigenvalue weighted by Crippen LogP contribution is -2.40. The second-order valence-electron chi connectivity index (χ2n) is 7.44. The number of carbonyl (C=O) groups excluding carboxylic acids is 2. The number of aromatic nitrogens is 2. The number of thioether (sulfide) groups is 1. The van der Waals surface area contributed by atoms with Gasteiger partial charge in [-0.25, -0.2) is 0 Å². The summed E-state index contributed by atoms with van der Waals surface area (Å²) in [5, 5.41) is 11.2. The largest absolute Gasteiger partial charge is 0.485 e. The van der Waals surface area contributed by atoms with Crippen molar-refractivity contribution in [1.82, 2.24) is 10.2 Å². The Bertz CT molecular complexity index is 1170. The maximum Gasteiger partial charge on any atom is 0.277 e. The maximum atomic E-state index is 13.1. The molecule has 2 aromatic carbocycles. The van der Waals surface area contributed by atoms with Gasteiger partial charge in [-0.15, -0.1) is 10.2 Å². The summed E-state index contributed by atoms with van der Waals surface area (Å²) < 4.78 is 17.3. The Hall–Kier alpha value is -3.53. The normalized spacial score (nSPS) is 19.7. The summed E-state index contributed by atoms with van der Waals surface area (Å²) in [6.45, 7) is 2.11. The predicted molar refractivity (Wildman–Crippen MR) is 117 cm³/mol. The number of amides is 2. The number of para-hydroxylation sites is 4. The zero-order valence-corrected chi connectivity index (χ0v) is 18.0. The molecule has 0 bridgehead atoms. The molecule has 1 N–H and O–H groups in total. The van der Waals surface area contributed by atoms with Crippen LogP contribution in [-0.4, -0.2) is 40.4 Å². The van der Waals surface area contributed by atoms with Crippen molar-refractivity contribution in [2.75, 3.05) is 22.6 Å². The van der Waals surface area contributed by atoms with Crippen molar-refractivity contribution in [3.8, 4) is 11.5 Å². The van der Waals surface area contributed by atoms with Gasteiger partial charge in [0, 0.05) is 12.5 Å². The molecule has 2 unspecified atom stereocenters. The summed E-state index contributed by atoms with van der Waals surface area (Å²) in [5.41, 5.74) is 1.30. The highest BCUT2D eigenvalue weighted by Gasteiger charge is 2.31. The number of fused-ring (bicyclic) bond motifs is 2. The van der Waals surface area contributed by atoms with Gasteiger partial charge < -0.3 is 24.1 Å². The van der Waals surface area contributed by atoms with Crippen LogP contribution in [0.5, 0.6) is 11.5 Å².